The zero-order valence-corrected chi connectivity index (χ0v) is 9.19. The monoisotopic (exact) mass is 220 g/mol. The van der Waals surface area contributed by atoms with Crippen molar-refractivity contribution in [2.24, 2.45) is 0 Å². The Labute approximate surface area is 89.4 Å². The summed E-state index contributed by atoms with van der Waals surface area (Å²) < 4.78 is 0. The van der Waals surface area contributed by atoms with E-state index in [1.807, 2.05) is 6.92 Å². The van der Waals surface area contributed by atoms with Crippen LogP contribution in [0.3, 0.4) is 0 Å². The van der Waals surface area contributed by atoms with Crippen molar-refractivity contribution in [1.82, 2.24) is 10.6 Å². The van der Waals surface area contributed by atoms with Gasteiger partial charge in [-0.3, -0.25) is 9.59 Å². The normalized spacial score (nSPS) is 9.57. The first-order valence-corrected chi connectivity index (χ1v) is 5.33. The highest BCUT2D eigenvalue weighted by atomic mass is 35.5. The lowest BCUT2D eigenvalue weighted by molar-refractivity contribution is -0.126. The Hall–Kier alpha value is -0.770. The fourth-order valence-corrected chi connectivity index (χ4v) is 0.955. The van der Waals surface area contributed by atoms with Crippen LogP contribution in [0.1, 0.15) is 26.2 Å². The molecule has 5 heteroatoms. The molecule has 0 saturated heterocycles. The van der Waals surface area contributed by atoms with Gasteiger partial charge < -0.3 is 10.6 Å². The highest BCUT2D eigenvalue weighted by molar-refractivity contribution is 6.17. The molecule has 82 valence electrons. The quantitative estimate of drug-likeness (QED) is 0.619. The van der Waals surface area contributed by atoms with Gasteiger partial charge in [-0.25, -0.2) is 0 Å². The molecule has 0 fully saturated rings. The van der Waals surface area contributed by atoms with Crippen LogP contribution in [0.15, 0.2) is 0 Å². The zero-order chi connectivity index (χ0) is 10.8. The number of amides is 2. The number of hydrogen-bond acceptors (Lipinski definition) is 2. The standard InChI is InChI=1S/C9H17ClN2O2/c1-2-6-11-9(14)7-12-8(13)4-3-5-10/h2-7H2,1H3,(H,11,14)(H,12,13). The molecule has 14 heavy (non-hydrogen) atoms. The smallest absolute Gasteiger partial charge is 0.239 e. The number of alkyl halides is 1. The number of carbonyl (C=O) groups is 2. The molecule has 2 N–H and O–H groups in total. The minimum atomic E-state index is -0.147. The van der Waals surface area contributed by atoms with Crippen LogP contribution in [0.5, 0.6) is 0 Å². The Morgan fingerprint density at radius 1 is 1.21 bits per heavy atom. The molecule has 0 aromatic heterocycles. The zero-order valence-electron chi connectivity index (χ0n) is 8.44. The average Bonchev–Trinajstić information content (AvgIpc) is 2.20. The Morgan fingerprint density at radius 2 is 1.93 bits per heavy atom. The molecule has 4 nitrogen and oxygen atoms in total. The maximum absolute atomic E-state index is 11.0. The van der Waals surface area contributed by atoms with Gasteiger partial charge in [0.25, 0.3) is 0 Å². The number of rotatable bonds is 7. The summed E-state index contributed by atoms with van der Waals surface area (Å²) >= 11 is 5.42. The van der Waals surface area contributed by atoms with E-state index in [0.717, 1.165) is 6.42 Å². The molecule has 0 aliphatic heterocycles. The predicted molar refractivity (Wildman–Crippen MR) is 56.3 cm³/mol. The maximum atomic E-state index is 11.0. The summed E-state index contributed by atoms with van der Waals surface area (Å²) in [5, 5.41) is 5.18. The molecule has 0 bridgehead atoms. The number of hydrogen-bond donors (Lipinski definition) is 2. The third kappa shape index (κ3) is 7.86. The Kier molecular flexibility index (Phi) is 8.33. The van der Waals surface area contributed by atoms with Gasteiger partial charge in [0.05, 0.1) is 6.54 Å². The summed E-state index contributed by atoms with van der Waals surface area (Å²) in [7, 11) is 0. The van der Waals surface area contributed by atoms with Gasteiger partial charge in [0.1, 0.15) is 0 Å². The van der Waals surface area contributed by atoms with Crippen LogP contribution in [-0.2, 0) is 9.59 Å². The van der Waals surface area contributed by atoms with Crippen LogP contribution in [-0.4, -0.2) is 30.8 Å². The highest BCUT2D eigenvalue weighted by Gasteiger charge is 2.03. The van der Waals surface area contributed by atoms with Gasteiger partial charge in [-0.15, -0.1) is 11.6 Å². The third-order valence-electron chi connectivity index (χ3n) is 1.56. The van der Waals surface area contributed by atoms with Crippen LogP contribution in [0.2, 0.25) is 0 Å². The Morgan fingerprint density at radius 3 is 2.50 bits per heavy atom. The lowest BCUT2D eigenvalue weighted by Gasteiger charge is -2.05. The minimum absolute atomic E-state index is 0.0567. The molecule has 0 aliphatic carbocycles. The lowest BCUT2D eigenvalue weighted by atomic mass is 10.3. The topological polar surface area (TPSA) is 58.2 Å². The van der Waals surface area contributed by atoms with Crippen molar-refractivity contribution in [3.63, 3.8) is 0 Å². The van der Waals surface area contributed by atoms with Crippen molar-refractivity contribution in [2.75, 3.05) is 19.0 Å². The molecule has 2 amide bonds. The molecule has 0 radical (unpaired) electrons. The second-order valence-corrected chi connectivity index (χ2v) is 3.30. The maximum Gasteiger partial charge on any atom is 0.239 e. The van der Waals surface area contributed by atoms with Crippen molar-refractivity contribution in [3.05, 3.63) is 0 Å². The van der Waals surface area contributed by atoms with Crippen molar-refractivity contribution in [3.8, 4) is 0 Å². The molecular formula is C9H17ClN2O2. The third-order valence-corrected chi connectivity index (χ3v) is 1.82. The van der Waals surface area contributed by atoms with Gasteiger partial charge in [-0.05, 0) is 12.8 Å². The highest BCUT2D eigenvalue weighted by Crippen LogP contribution is 1.90. The molecular weight excluding hydrogens is 204 g/mol. The van der Waals surface area contributed by atoms with E-state index in [0.29, 0.717) is 25.3 Å². The summed E-state index contributed by atoms with van der Waals surface area (Å²) in [6.45, 7) is 2.68. The van der Waals surface area contributed by atoms with E-state index in [1.54, 1.807) is 0 Å². The molecule has 0 spiro atoms. The molecule has 0 rings (SSSR count). The Balaban J connectivity index is 3.41. The van der Waals surface area contributed by atoms with Crippen molar-refractivity contribution in [1.29, 1.82) is 0 Å². The summed E-state index contributed by atoms with van der Waals surface area (Å²) in [4.78, 5) is 22.1. The number of carbonyl (C=O) groups excluding carboxylic acids is 2. The molecule has 0 unspecified atom stereocenters. The van der Waals surface area contributed by atoms with E-state index in [4.69, 9.17) is 11.6 Å². The van der Waals surface area contributed by atoms with Crippen molar-refractivity contribution >= 4 is 23.4 Å². The predicted octanol–water partition coefficient (Wildman–Crippen LogP) is 0.648. The molecule has 0 heterocycles. The van der Waals surface area contributed by atoms with Gasteiger partial charge in [-0.1, -0.05) is 6.92 Å². The molecule has 0 aromatic rings. The Bertz CT molecular complexity index is 166. The summed E-state index contributed by atoms with van der Waals surface area (Å²) in [5.41, 5.74) is 0. The summed E-state index contributed by atoms with van der Waals surface area (Å²) in [6, 6.07) is 0. The van der Waals surface area contributed by atoms with Crippen LogP contribution >= 0.6 is 11.6 Å². The fourth-order valence-electron chi connectivity index (χ4n) is 0.822. The van der Waals surface area contributed by atoms with E-state index >= 15 is 0 Å². The van der Waals surface area contributed by atoms with Crippen LogP contribution in [0.4, 0.5) is 0 Å². The molecule has 0 saturated carbocycles. The number of halogens is 1. The first-order chi connectivity index (χ1) is 6.70. The first-order valence-electron chi connectivity index (χ1n) is 4.80. The van der Waals surface area contributed by atoms with Crippen LogP contribution < -0.4 is 10.6 Å². The van der Waals surface area contributed by atoms with Crippen molar-refractivity contribution in [2.45, 2.75) is 26.2 Å². The van der Waals surface area contributed by atoms with Crippen LogP contribution in [0, 0.1) is 0 Å². The van der Waals surface area contributed by atoms with Gasteiger partial charge in [0.2, 0.25) is 11.8 Å². The SMILES string of the molecule is CCCNC(=O)CNC(=O)CCCCl. The van der Waals surface area contributed by atoms with Gasteiger partial charge in [-0.2, -0.15) is 0 Å². The average molecular weight is 221 g/mol. The lowest BCUT2D eigenvalue weighted by Crippen LogP contribution is -2.37. The van der Waals surface area contributed by atoms with E-state index in [9.17, 15) is 9.59 Å². The van der Waals surface area contributed by atoms with E-state index in [2.05, 4.69) is 10.6 Å². The molecule has 0 aromatic carbocycles. The summed E-state index contributed by atoms with van der Waals surface area (Å²) in [6.07, 6.45) is 1.92. The van der Waals surface area contributed by atoms with Gasteiger partial charge in [0, 0.05) is 18.8 Å². The second kappa shape index (κ2) is 8.81. The fraction of sp³-hybridized carbons (Fsp3) is 0.778. The molecule has 0 atom stereocenters. The van der Waals surface area contributed by atoms with Gasteiger partial charge in [0.15, 0.2) is 0 Å². The summed E-state index contributed by atoms with van der Waals surface area (Å²) in [5.74, 6) is 0.193. The van der Waals surface area contributed by atoms with Crippen LogP contribution in [0.25, 0.3) is 0 Å². The second-order valence-electron chi connectivity index (χ2n) is 2.92. The minimum Gasteiger partial charge on any atom is -0.355 e. The van der Waals surface area contributed by atoms with E-state index < -0.39 is 0 Å². The largest absolute Gasteiger partial charge is 0.355 e. The first kappa shape index (κ1) is 13.2. The van der Waals surface area contributed by atoms with Crippen molar-refractivity contribution < 1.29 is 9.59 Å². The van der Waals surface area contributed by atoms with E-state index in [1.165, 1.54) is 0 Å². The van der Waals surface area contributed by atoms with Gasteiger partial charge >= 0.3 is 0 Å². The number of nitrogens with one attached hydrogen (secondary N) is 2. The van der Waals surface area contributed by atoms with E-state index in [-0.39, 0.29) is 18.4 Å². The molecule has 0 aliphatic rings.